The maximum absolute atomic E-state index is 11.6. The smallest absolute Gasteiger partial charge is 0.160 e. The van der Waals surface area contributed by atoms with E-state index in [-0.39, 0.29) is 13.2 Å². The molecule has 0 aromatic heterocycles. The van der Waals surface area contributed by atoms with Gasteiger partial charge in [-0.25, -0.2) is 8.42 Å². The highest BCUT2D eigenvalue weighted by atomic mass is 32.2. The molecule has 0 aromatic carbocycles. The fourth-order valence-electron chi connectivity index (χ4n) is 1.20. The molecular weight excluding hydrogens is 192 g/mol. The minimum Gasteiger partial charge on any atom is -0.395 e. The van der Waals surface area contributed by atoms with Crippen LogP contribution in [0.25, 0.3) is 0 Å². The highest BCUT2D eigenvalue weighted by molar-refractivity contribution is 7.92. The van der Waals surface area contributed by atoms with E-state index < -0.39 is 20.3 Å². The van der Waals surface area contributed by atoms with Gasteiger partial charge in [-0.15, -0.1) is 0 Å². The largest absolute Gasteiger partial charge is 0.395 e. The highest BCUT2D eigenvalue weighted by Crippen LogP contribution is 2.14. The van der Waals surface area contributed by atoms with Gasteiger partial charge in [0.25, 0.3) is 0 Å². The molecule has 0 saturated heterocycles. The minimum absolute atomic E-state index is 0.366. The Morgan fingerprint density at radius 2 is 1.31 bits per heavy atom. The Bertz CT molecular complexity index is 196. The lowest BCUT2D eigenvalue weighted by molar-refractivity contribution is 0.274. The number of rotatable bonds is 6. The quantitative estimate of drug-likeness (QED) is 0.644. The summed E-state index contributed by atoms with van der Waals surface area (Å²) in [6.45, 7) is 2.69. The molecule has 0 rings (SSSR count). The van der Waals surface area contributed by atoms with Crippen molar-refractivity contribution in [1.29, 1.82) is 0 Å². The molecule has 2 N–H and O–H groups in total. The first-order chi connectivity index (χ1) is 6.04. The summed E-state index contributed by atoms with van der Waals surface area (Å²) in [5.74, 6) is 0. The first kappa shape index (κ1) is 12.9. The number of aliphatic hydroxyl groups is 2. The van der Waals surface area contributed by atoms with Crippen LogP contribution in [0.2, 0.25) is 0 Å². The molecule has 0 aromatic rings. The van der Waals surface area contributed by atoms with E-state index in [2.05, 4.69) is 0 Å². The standard InChI is InChI=1S/C8H18O4S/c1-3-7(5-9)13(11,12)8(4-2)6-10/h7-10H,3-6H2,1-2H3. The second kappa shape index (κ2) is 5.57. The monoisotopic (exact) mass is 210 g/mol. The molecule has 0 aliphatic rings. The van der Waals surface area contributed by atoms with Crippen molar-refractivity contribution < 1.29 is 18.6 Å². The summed E-state index contributed by atoms with van der Waals surface area (Å²) >= 11 is 0. The van der Waals surface area contributed by atoms with Gasteiger partial charge in [0.1, 0.15) is 0 Å². The lowest BCUT2D eigenvalue weighted by Crippen LogP contribution is -2.35. The fourth-order valence-corrected chi connectivity index (χ4v) is 3.09. The Morgan fingerprint density at radius 3 is 1.46 bits per heavy atom. The first-order valence-corrected chi connectivity index (χ1v) is 6.09. The van der Waals surface area contributed by atoms with E-state index >= 15 is 0 Å². The molecule has 0 aliphatic carbocycles. The van der Waals surface area contributed by atoms with Gasteiger partial charge in [-0.3, -0.25) is 0 Å². The Morgan fingerprint density at radius 1 is 1.00 bits per heavy atom. The third-order valence-electron chi connectivity index (χ3n) is 2.25. The van der Waals surface area contributed by atoms with Crippen molar-refractivity contribution >= 4 is 9.84 Å². The molecule has 0 heterocycles. The molecule has 4 nitrogen and oxygen atoms in total. The van der Waals surface area contributed by atoms with E-state index in [1.165, 1.54) is 0 Å². The molecule has 0 saturated carbocycles. The van der Waals surface area contributed by atoms with E-state index in [0.717, 1.165) is 0 Å². The van der Waals surface area contributed by atoms with E-state index in [9.17, 15) is 8.42 Å². The van der Waals surface area contributed by atoms with Crippen LogP contribution in [-0.4, -0.2) is 42.3 Å². The highest BCUT2D eigenvalue weighted by Gasteiger charge is 2.30. The van der Waals surface area contributed by atoms with Crippen molar-refractivity contribution in [2.75, 3.05) is 13.2 Å². The molecule has 80 valence electrons. The van der Waals surface area contributed by atoms with Gasteiger partial charge < -0.3 is 10.2 Å². The number of aliphatic hydroxyl groups excluding tert-OH is 2. The Hall–Kier alpha value is -0.130. The normalized spacial score (nSPS) is 16.9. The lowest BCUT2D eigenvalue weighted by atomic mass is 10.3. The van der Waals surface area contributed by atoms with Crippen molar-refractivity contribution in [1.82, 2.24) is 0 Å². The molecule has 0 aliphatic heterocycles. The van der Waals surface area contributed by atoms with Gasteiger partial charge in [0.05, 0.1) is 23.7 Å². The van der Waals surface area contributed by atoms with Crippen molar-refractivity contribution in [2.24, 2.45) is 0 Å². The maximum Gasteiger partial charge on any atom is 0.160 e. The average molecular weight is 210 g/mol. The summed E-state index contributed by atoms with van der Waals surface area (Å²) in [5, 5.41) is 16.2. The molecule has 0 bridgehead atoms. The van der Waals surface area contributed by atoms with Crippen LogP contribution in [0.3, 0.4) is 0 Å². The molecule has 0 spiro atoms. The molecule has 5 heteroatoms. The second-order valence-corrected chi connectivity index (χ2v) is 5.53. The Labute approximate surface area is 79.5 Å². The van der Waals surface area contributed by atoms with Gasteiger partial charge in [0.15, 0.2) is 9.84 Å². The molecule has 13 heavy (non-hydrogen) atoms. The SMILES string of the molecule is CCC(CO)S(=O)(=O)C(CC)CO. The number of sulfone groups is 1. The summed E-state index contributed by atoms with van der Waals surface area (Å²) in [6, 6.07) is 0. The van der Waals surface area contributed by atoms with E-state index in [0.29, 0.717) is 12.8 Å². The predicted octanol–water partition coefficient (Wildman–Crippen LogP) is -0.0570. The van der Waals surface area contributed by atoms with Crippen LogP contribution in [0.15, 0.2) is 0 Å². The second-order valence-electron chi connectivity index (χ2n) is 3.01. The van der Waals surface area contributed by atoms with Gasteiger partial charge >= 0.3 is 0 Å². The average Bonchev–Trinajstić information content (AvgIpc) is 2.07. The fraction of sp³-hybridized carbons (Fsp3) is 1.00. The van der Waals surface area contributed by atoms with Gasteiger partial charge in [-0.2, -0.15) is 0 Å². The lowest BCUT2D eigenvalue weighted by Gasteiger charge is -2.19. The van der Waals surface area contributed by atoms with Crippen LogP contribution < -0.4 is 0 Å². The van der Waals surface area contributed by atoms with E-state index in [1.807, 2.05) is 0 Å². The Kier molecular flexibility index (Phi) is 5.51. The van der Waals surface area contributed by atoms with Crippen molar-refractivity contribution in [2.45, 2.75) is 37.2 Å². The predicted molar refractivity (Wildman–Crippen MR) is 51.2 cm³/mol. The zero-order valence-corrected chi connectivity index (χ0v) is 8.92. The molecule has 0 radical (unpaired) electrons. The molecule has 2 unspecified atom stereocenters. The first-order valence-electron chi connectivity index (χ1n) is 4.48. The van der Waals surface area contributed by atoms with Crippen molar-refractivity contribution in [3.8, 4) is 0 Å². The van der Waals surface area contributed by atoms with Gasteiger partial charge in [-0.1, -0.05) is 13.8 Å². The van der Waals surface area contributed by atoms with E-state index in [1.54, 1.807) is 13.8 Å². The zero-order chi connectivity index (χ0) is 10.5. The molecular formula is C8H18O4S. The van der Waals surface area contributed by atoms with E-state index in [4.69, 9.17) is 10.2 Å². The zero-order valence-electron chi connectivity index (χ0n) is 8.10. The van der Waals surface area contributed by atoms with Gasteiger partial charge in [0, 0.05) is 0 Å². The van der Waals surface area contributed by atoms with Crippen LogP contribution in [0.5, 0.6) is 0 Å². The molecule has 2 atom stereocenters. The van der Waals surface area contributed by atoms with Crippen molar-refractivity contribution in [3.05, 3.63) is 0 Å². The maximum atomic E-state index is 11.6. The third kappa shape index (κ3) is 2.93. The minimum atomic E-state index is -3.36. The molecule has 0 amide bonds. The Balaban J connectivity index is 4.71. The van der Waals surface area contributed by atoms with Crippen LogP contribution in [0.1, 0.15) is 26.7 Å². The van der Waals surface area contributed by atoms with Gasteiger partial charge in [0.2, 0.25) is 0 Å². The van der Waals surface area contributed by atoms with Crippen LogP contribution in [0, 0.1) is 0 Å². The van der Waals surface area contributed by atoms with Crippen molar-refractivity contribution in [3.63, 3.8) is 0 Å². The summed E-state index contributed by atoms with van der Waals surface area (Å²) in [7, 11) is -3.36. The van der Waals surface area contributed by atoms with Gasteiger partial charge in [-0.05, 0) is 12.8 Å². The summed E-state index contributed by atoms with van der Waals surface area (Å²) in [4.78, 5) is 0. The summed E-state index contributed by atoms with van der Waals surface area (Å²) < 4.78 is 23.3. The van der Waals surface area contributed by atoms with Crippen LogP contribution in [-0.2, 0) is 9.84 Å². The summed E-state index contributed by atoms with van der Waals surface area (Å²) in [5.41, 5.74) is 0. The molecule has 0 fully saturated rings. The van der Waals surface area contributed by atoms with Crippen LogP contribution in [0.4, 0.5) is 0 Å². The number of hydrogen-bond donors (Lipinski definition) is 2. The van der Waals surface area contributed by atoms with Crippen LogP contribution >= 0.6 is 0 Å². The third-order valence-corrected chi connectivity index (χ3v) is 5.07. The number of hydrogen-bond acceptors (Lipinski definition) is 4. The summed E-state index contributed by atoms with van der Waals surface area (Å²) in [6.07, 6.45) is 0.769. The topological polar surface area (TPSA) is 74.6 Å².